The summed E-state index contributed by atoms with van der Waals surface area (Å²) in [4.78, 5) is 26.5. The predicted octanol–water partition coefficient (Wildman–Crippen LogP) is -0.927. The van der Waals surface area contributed by atoms with Gasteiger partial charge in [-0.05, 0) is 6.92 Å². The van der Waals surface area contributed by atoms with E-state index in [9.17, 15) is 9.59 Å². The lowest BCUT2D eigenvalue weighted by Gasteiger charge is -2.35. The van der Waals surface area contributed by atoms with Gasteiger partial charge in [-0.1, -0.05) is 0 Å². The van der Waals surface area contributed by atoms with Crippen molar-refractivity contribution in [3.63, 3.8) is 0 Å². The number of nitrogens with zero attached hydrogens (tertiary/aromatic N) is 2. The largest absolute Gasteiger partial charge is 0.375 e. The molecule has 1 atom stereocenters. The third-order valence-corrected chi connectivity index (χ3v) is 2.60. The second kappa shape index (κ2) is 7.47. The third-order valence-electron chi connectivity index (χ3n) is 2.60. The molecule has 0 aromatic heterocycles. The van der Waals surface area contributed by atoms with Gasteiger partial charge >= 0.3 is 0 Å². The van der Waals surface area contributed by atoms with Crippen LogP contribution in [-0.2, 0) is 14.3 Å². The minimum absolute atomic E-state index is 0. The fourth-order valence-corrected chi connectivity index (χ4v) is 1.68. The second-order valence-corrected chi connectivity index (χ2v) is 3.93. The minimum Gasteiger partial charge on any atom is -0.375 e. The first kappa shape index (κ1) is 16.1. The quantitative estimate of drug-likeness (QED) is 0.716. The fourth-order valence-electron chi connectivity index (χ4n) is 1.68. The zero-order valence-corrected chi connectivity index (χ0v) is 11.0. The lowest BCUT2D eigenvalue weighted by atomic mass is 10.2. The first-order valence-electron chi connectivity index (χ1n) is 5.37. The Kier molecular flexibility index (Phi) is 7.10. The highest BCUT2D eigenvalue weighted by molar-refractivity contribution is 5.85. The number of amides is 2. The van der Waals surface area contributed by atoms with E-state index in [0.717, 1.165) is 0 Å². The van der Waals surface area contributed by atoms with Gasteiger partial charge in [0.25, 0.3) is 0 Å². The number of nitrogens with two attached hydrogens (primary N) is 1. The van der Waals surface area contributed by atoms with E-state index >= 15 is 0 Å². The number of ether oxygens (including phenoxy) is 1. The van der Waals surface area contributed by atoms with E-state index in [1.807, 2.05) is 0 Å². The number of rotatable bonds is 3. The van der Waals surface area contributed by atoms with Crippen LogP contribution in [0.15, 0.2) is 0 Å². The highest BCUT2D eigenvalue weighted by atomic mass is 35.5. The molecule has 0 spiro atoms. The standard InChI is InChI=1S/C10H19N3O3.ClH/c1-8(11)10(15)13-5-3-12(4-6-13)9(14)7-16-2;/h8H,3-7,11H2,1-2H3;1H. The lowest BCUT2D eigenvalue weighted by molar-refractivity contribution is -0.142. The summed E-state index contributed by atoms with van der Waals surface area (Å²) in [5.74, 6) is -0.0887. The number of halogens is 1. The molecule has 0 saturated carbocycles. The maximum absolute atomic E-state index is 11.6. The van der Waals surface area contributed by atoms with E-state index in [1.54, 1.807) is 16.7 Å². The van der Waals surface area contributed by atoms with Crippen molar-refractivity contribution in [2.24, 2.45) is 5.73 Å². The van der Waals surface area contributed by atoms with E-state index in [4.69, 9.17) is 10.5 Å². The Hall–Kier alpha value is -0.850. The molecule has 0 aromatic carbocycles. The molecule has 7 heteroatoms. The molecular weight excluding hydrogens is 246 g/mol. The van der Waals surface area contributed by atoms with Gasteiger partial charge in [-0.25, -0.2) is 0 Å². The van der Waals surface area contributed by atoms with E-state index in [1.165, 1.54) is 7.11 Å². The lowest BCUT2D eigenvalue weighted by Crippen LogP contribution is -2.54. The smallest absolute Gasteiger partial charge is 0.248 e. The molecule has 1 saturated heterocycles. The van der Waals surface area contributed by atoms with Crippen LogP contribution >= 0.6 is 12.4 Å². The molecule has 1 rings (SSSR count). The van der Waals surface area contributed by atoms with E-state index in [-0.39, 0.29) is 30.8 Å². The van der Waals surface area contributed by atoms with Gasteiger partial charge in [0.15, 0.2) is 0 Å². The summed E-state index contributed by atoms with van der Waals surface area (Å²) in [5, 5.41) is 0. The van der Waals surface area contributed by atoms with Gasteiger partial charge < -0.3 is 20.3 Å². The number of carbonyl (C=O) groups is 2. The van der Waals surface area contributed by atoms with Crippen LogP contribution in [-0.4, -0.2) is 67.6 Å². The van der Waals surface area contributed by atoms with Crippen molar-refractivity contribution < 1.29 is 14.3 Å². The Morgan fingerprint density at radius 3 is 2.12 bits per heavy atom. The summed E-state index contributed by atoms with van der Waals surface area (Å²) in [6.45, 7) is 3.99. The molecule has 2 amide bonds. The molecule has 1 aliphatic rings. The van der Waals surface area contributed by atoms with E-state index in [0.29, 0.717) is 26.2 Å². The number of hydrogen-bond acceptors (Lipinski definition) is 4. The van der Waals surface area contributed by atoms with Gasteiger partial charge in [0.05, 0.1) is 6.04 Å². The zero-order valence-electron chi connectivity index (χ0n) is 10.2. The molecule has 0 radical (unpaired) electrons. The number of piperazine rings is 1. The first-order valence-corrected chi connectivity index (χ1v) is 5.37. The molecule has 0 aromatic rings. The van der Waals surface area contributed by atoms with Crippen molar-refractivity contribution in [2.75, 3.05) is 39.9 Å². The van der Waals surface area contributed by atoms with Gasteiger partial charge in [0.2, 0.25) is 11.8 Å². The van der Waals surface area contributed by atoms with Crippen molar-refractivity contribution in [1.82, 2.24) is 9.80 Å². The molecule has 1 fully saturated rings. The van der Waals surface area contributed by atoms with Crippen molar-refractivity contribution in [2.45, 2.75) is 13.0 Å². The Morgan fingerprint density at radius 1 is 1.24 bits per heavy atom. The number of methoxy groups -OCH3 is 1. The third kappa shape index (κ3) is 4.49. The predicted molar refractivity (Wildman–Crippen MR) is 65.9 cm³/mol. The first-order chi connectivity index (χ1) is 7.56. The van der Waals surface area contributed by atoms with Crippen LogP contribution < -0.4 is 5.73 Å². The van der Waals surface area contributed by atoms with Crippen LogP contribution in [0, 0.1) is 0 Å². The fraction of sp³-hybridized carbons (Fsp3) is 0.800. The van der Waals surface area contributed by atoms with Crippen molar-refractivity contribution in [1.29, 1.82) is 0 Å². The van der Waals surface area contributed by atoms with Crippen molar-refractivity contribution in [3.8, 4) is 0 Å². The summed E-state index contributed by atoms with van der Waals surface area (Å²) in [7, 11) is 1.49. The molecule has 1 unspecified atom stereocenters. The van der Waals surface area contributed by atoms with Gasteiger partial charge in [0.1, 0.15) is 6.61 Å². The van der Waals surface area contributed by atoms with Crippen LogP contribution in [0.25, 0.3) is 0 Å². The van der Waals surface area contributed by atoms with E-state index < -0.39 is 6.04 Å². The molecule has 1 aliphatic heterocycles. The van der Waals surface area contributed by atoms with Crippen LogP contribution in [0.1, 0.15) is 6.92 Å². The van der Waals surface area contributed by atoms with Gasteiger partial charge in [0, 0.05) is 33.3 Å². The van der Waals surface area contributed by atoms with Crippen LogP contribution in [0.5, 0.6) is 0 Å². The van der Waals surface area contributed by atoms with Crippen LogP contribution in [0.3, 0.4) is 0 Å². The summed E-state index contributed by atoms with van der Waals surface area (Å²) in [6.07, 6.45) is 0. The molecule has 0 bridgehead atoms. The summed E-state index contributed by atoms with van der Waals surface area (Å²) >= 11 is 0. The topological polar surface area (TPSA) is 75.9 Å². The average molecular weight is 266 g/mol. The molecule has 17 heavy (non-hydrogen) atoms. The molecular formula is C10H20ClN3O3. The monoisotopic (exact) mass is 265 g/mol. The Morgan fingerprint density at radius 2 is 1.71 bits per heavy atom. The van der Waals surface area contributed by atoms with Crippen LogP contribution in [0.4, 0.5) is 0 Å². The molecule has 6 nitrogen and oxygen atoms in total. The number of hydrogen-bond donors (Lipinski definition) is 1. The average Bonchev–Trinajstić information content (AvgIpc) is 2.28. The molecule has 1 heterocycles. The molecule has 2 N–H and O–H groups in total. The minimum atomic E-state index is -0.471. The van der Waals surface area contributed by atoms with Gasteiger partial charge in [-0.15, -0.1) is 12.4 Å². The molecule has 100 valence electrons. The Balaban J connectivity index is 0.00000256. The van der Waals surface area contributed by atoms with Gasteiger partial charge in [-0.2, -0.15) is 0 Å². The van der Waals surface area contributed by atoms with Crippen molar-refractivity contribution in [3.05, 3.63) is 0 Å². The Labute approximate surface area is 107 Å². The summed E-state index contributed by atoms with van der Waals surface area (Å²) < 4.78 is 4.78. The SMILES string of the molecule is COCC(=O)N1CCN(C(=O)C(C)N)CC1.Cl. The highest BCUT2D eigenvalue weighted by Gasteiger charge is 2.25. The highest BCUT2D eigenvalue weighted by Crippen LogP contribution is 2.03. The zero-order chi connectivity index (χ0) is 12.1. The number of carbonyl (C=O) groups excluding carboxylic acids is 2. The van der Waals surface area contributed by atoms with Crippen molar-refractivity contribution >= 4 is 24.2 Å². The van der Waals surface area contributed by atoms with E-state index in [2.05, 4.69) is 0 Å². The maximum atomic E-state index is 11.6. The Bertz CT molecular complexity index is 266. The van der Waals surface area contributed by atoms with Gasteiger partial charge in [-0.3, -0.25) is 9.59 Å². The maximum Gasteiger partial charge on any atom is 0.248 e. The second-order valence-electron chi connectivity index (χ2n) is 3.93. The summed E-state index contributed by atoms with van der Waals surface area (Å²) in [6, 6.07) is -0.471. The molecule has 0 aliphatic carbocycles. The summed E-state index contributed by atoms with van der Waals surface area (Å²) in [5.41, 5.74) is 5.52. The normalized spacial score (nSPS) is 17.4. The van der Waals surface area contributed by atoms with Crippen LogP contribution in [0.2, 0.25) is 0 Å².